The van der Waals surface area contributed by atoms with Crippen LogP contribution in [0.2, 0.25) is 0 Å². The fourth-order valence-corrected chi connectivity index (χ4v) is 2.28. The minimum atomic E-state index is 0.0206. The van der Waals surface area contributed by atoms with Gasteiger partial charge in [0, 0.05) is 14.6 Å². The summed E-state index contributed by atoms with van der Waals surface area (Å²) in [5.41, 5.74) is 0.725. The monoisotopic (exact) mass is 379 g/mol. The van der Waals surface area contributed by atoms with Gasteiger partial charge >= 0.3 is 0 Å². The standard InChI is InChI=1S/C11H11BrINO/c12-10-8(2-1-3-9(10)13)11(15)14-6-7-4-5-7/h1-3,7H,4-6H2,(H,14,15). The lowest BCUT2D eigenvalue weighted by molar-refractivity contribution is 0.0951. The molecule has 80 valence electrons. The van der Waals surface area contributed by atoms with Gasteiger partial charge in [-0.3, -0.25) is 4.79 Å². The molecule has 15 heavy (non-hydrogen) atoms. The second kappa shape index (κ2) is 4.82. The third kappa shape index (κ3) is 2.93. The lowest BCUT2D eigenvalue weighted by Gasteiger charge is -2.06. The molecule has 1 aliphatic carbocycles. The van der Waals surface area contributed by atoms with Crippen LogP contribution in [0.5, 0.6) is 0 Å². The van der Waals surface area contributed by atoms with E-state index in [2.05, 4.69) is 43.8 Å². The molecule has 4 heteroatoms. The summed E-state index contributed by atoms with van der Waals surface area (Å²) in [5.74, 6) is 0.739. The van der Waals surface area contributed by atoms with Gasteiger partial charge in [0.15, 0.2) is 0 Å². The Morgan fingerprint density at radius 3 is 2.93 bits per heavy atom. The van der Waals surface area contributed by atoms with E-state index in [-0.39, 0.29) is 5.91 Å². The van der Waals surface area contributed by atoms with Crippen molar-refractivity contribution in [2.45, 2.75) is 12.8 Å². The Bertz CT molecular complexity index is 390. The van der Waals surface area contributed by atoms with Crippen LogP contribution in [-0.4, -0.2) is 12.5 Å². The minimum Gasteiger partial charge on any atom is -0.352 e. The molecule has 2 nitrogen and oxygen atoms in total. The average Bonchev–Trinajstić information content (AvgIpc) is 3.02. The number of carbonyl (C=O) groups excluding carboxylic acids is 1. The van der Waals surface area contributed by atoms with E-state index in [1.807, 2.05) is 18.2 Å². The van der Waals surface area contributed by atoms with Crippen molar-refractivity contribution in [1.29, 1.82) is 0 Å². The average molecular weight is 380 g/mol. The Hall–Kier alpha value is -0.100. The van der Waals surface area contributed by atoms with Crippen molar-refractivity contribution < 1.29 is 4.79 Å². The highest BCUT2D eigenvalue weighted by Crippen LogP contribution is 2.28. The van der Waals surface area contributed by atoms with Crippen LogP contribution in [0.4, 0.5) is 0 Å². The third-order valence-corrected chi connectivity index (χ3v) is 4.94. The van der Waals surface area contributed by atoms with Crippen LogP contribution in [0.15, 0.2) is 22.7 Å². The van der Waals surface area contributed by atoms with E-state index in [1.165, 1.54) is 12.8 Å². The number of hydrogen-bond acceptors (Lipinski definition) is 1. The van der Waals surface area contributed by atoms with Gasteiger partial charge in [-0.15, -0.1) is 0 Å². The second-order valence-corrected chi connectivity index (χ2v) is 5.71. The molecule has 1 amide bonds. The fourth-order valence-electron chi connectivity index (χ4n) is 1.33. The number of benzene rings is 1. The van der Waals surface area contributed by atoms with Crippen molar-refractivity contribution in [2.75, 3.05) is 6.54 Å². The number of rotatable bonds is 3. The van der Waals surface area contributed by atoms with E-state index < -0.39 is 0 Å². The second-order valence-electron chi connectivity index (χ2n) is 3.75. The van der Waals surface area contributed by atoms with E-state index >= 15 is 0 Å². The van der Waals surface area contributed by atoms with Crippen LogP contribution in [0, 0.1) is 9.49 Å². The maximum absolute atomic E-state index is 11.8. The Kier molecular flexibility index (Phi) is 3.66. The first-order valence-electron chi connectivity index (χ1n) is 4.90. The molecule has 1 aromatic carbocycles. The summed E-state index contributed by atoms with van der Waals surface area (Å²) >= 11 is 5.65. The number of amides is 1. The molecular weight excluding hydrogens is 369 g/mol. The molecule has 1 fully saturated rings. The first-order chi connectivity index (χ1) is 7.18. The smallest absolute Gasteiger partial charge is 0.252 e. The van der Waals surface area contributed by atoms with Gasteiger partial charge in [0.2, 0.25) is 0 Å². The summed E-state index contributed by atoms with van der Waals surface area (Å²) in [5, 5.41) is 2.96. The van der Waals surface area contributed by atoms with E-state index in [0.717, 1.165) is 26.1 Å². The molecule has 0 bridgehead atoms. The maximum Gasteiger partial charge on any atom is 0.252 e. The van der Waals surface area contributed by atoms with Crippen molar-refractivity contribution in [3.05, 3.63) is 31.8 Å². The van der Waals surface area contributed by atoms with Gasteiger partial charge in [-0.1, -0.05) is 6.07 Å². The number of nitrogens with one attached hydrogen (secondary N) is 1. The summed E-state index contributed by atoms with van der Waals surface area (Å²) in [7, 11) is 0. The van der Waals surface area contributed by atoms with Crippen molar-refractivity contribution >= 4 is 44.4 Å². The molecule has 2 rings (SSSR count). The first-order valence-corrected chi connectivity index (χ1v) is 6.78. The van der Waals surface area contributed by atoms with Crippen LogP contribution in [0.1, 0.15) is 23.2 Å². The molecule has 1 aliphatic rings. The number of carbonyl (C=O) groups is 1. The van der Waals surface area contributed by atoms with Gasteiger partial charge in [-0.25, -0.2) is 0 Å². The fraction of sp³-hybridized carbons (Fsp3) is 0.364. The largest absolute Gasteiger partial charge is 0.352 e. The maximum atomic E-state index is 11.8. The van der Waals surface area contributed by atoms with Crippen LogP contribution in [0.25, 0.3) is 0 Å². The molecular formula is C11H11BrINO. The van der Waals surface area contributed by atoms with E-state index in [9.17, 15) is 4.79 Å². The molecule has 0 atom stereocenters. The Balaban J connectivity index is 2.06. The molecule has 1 aromatic rings. The SMILES string of the molecule is O=C(NCC1CC1)c1cccc(I)c1Br. The molecule has 0 radical (unpaired) electrons. The summed E-state index contributed by atoms with van der Waals surface area (Å²) in [6.07, 6.45) is 2.52. The Morgan fingerprint density at radius 2 is 2.27 bits per heavy atom. The van der Waals surface area contributed by atoms with Crippen LogP contribution in [-0.2, 0) is 0 Å². The third-order valence-electron chi connectivity index (χ3n) is 2.44. The van der Waals surface area contributed by atoms with Gasteiger partial charge in [0.25, 0.3) is 5.91 Å². The highest BCUT2D eigenvalue weighted by atomic mass is 127. The summed E-state index contributed by atoms with van der Waals surface area (Å²) in [6.45, 7) is 0.816. The van der Waals surface area contributed by atoms with E-state index in [4.69, 9.17) is 0 Å². The van der Waals surface area contributed by atoms with Crippen molar-refractivity contribution in [3.8, 4) is 0 Å². The first kappa shape index (κ1) is 11.4. The Morgan fingerprint density at radius 1 is 1.53 bits per heavy atom. The molecule has 0 heterocycles. The van der Waals surface area contributed by atoms with Gasteiger partial charge in [0.1, 0.15) is 0 Å². The molecule has 1 saturated carbocycles. The molecule has 0 aromatic heterocycles. The van der Waals surface area contributed by atoms with Crippen molar-refractivity contribution in [1.82, 2.24) is 5.32 Å². The zero-order chi connectivity index (χ0) is 10.8. The normalized spacial score (nSPS) is 15.1. The lowest BCUT2D eigenvalue weighted by atomic mass is 10.2. The number of hydrogen-bond donors (Lipinski definition) is 1. The highest BCUT2D eigenvalue weighted by Gasteiger charge is 2.22. The predicted octanol–water partition coefficient (Wildman–Crippen LogP) is 3.19. The van der Waals surface area contributed by atoms with Crippen LogP contribution in [0.3, 0.4) is 0 Å². The molecule has 0 unspecified atom stereocenters. The van der Waals surface area contributed by atoms with Crippen molar-refractivity contribution in [2.24, 2.45) is 5.92 Å². The lowest BCUT2D eigenvalue weighted by Crippen LogP contribution is -2.25. The van der Waals surface area contributed by atoms with E-state index in [0.29, 0.717) is 0 Å². The molecule has 0 saturated heterocycles. The molecule has 1 N–H and O–H groups in total. The molecule has 0 aliphatic heterocycles. The van der Waals surface area contributed by atoms with Crippen LogP contribution >= 0.6 is 38.5 Å². The minimum absolute atomic E-state index is 0.0206. The van der Waals surface area contributed by atoms with Crippen molar-refractivity contribution in [3.63, 3.8) is 0 Å². The summed E-state index contributed by atoms with van der Waals surface area (Å²) in [4.78, 5) is 11.8. The van der Waals surface area contributed by atoms with Gasteiger partial charge in [-0.05, 0) is 69.4 Å². The quantitative estimate of drug-likeness (QED) is 0.803. The summed E-state index contributed by atoms with van der Waals surface area (Å²) < 4.78 is 1.95. The predicted molar refractivity (Wildman–Crippen MR) is 71.9 cm³/mol. The van der Waals surface area contributed by atoms with E-state index in [1.54, 1.807) is 0 Å². The van der Waals surface area contributed by atoms with Gasteiger partial charge in [0.05, 0.1) is 5.56 Å². The summed E-state index contributed by atoms with van der Waals surface area (Å²) in [6, 6.07) is 5.72. The zero-order valence-electron chi connectivity index (χ0n) is 8.09. The number of halogens is 2. The Labute approximate surface area is 111 Å². The zero-order valence-corrected chi connectivity index (χ0v) is 11.8. The molecule has 0 spiro atoms. The van der Waals surface area contributed by atoms with Crippen LogP contribution < -0.4 is 5.32 Å². The van der Waals surface area contributed by atoms with Gasteiger partial charge < -0.3 is 5.32 Å². The topological polar surface area (TPSA) is 29.1 Å². The highest BCUT2D eigenvalue weighted by molar-refractivity contribution is 14.1. The van der Waals surface area contributed by atoms with Gasteiger partial charge in [-0.2, -0.15) is 0 Å².